The van der Waals surface area contributed by atoms with E-state index in [1.807, 2.05) is 27.2 Å². The minimum absolute atomic E-state index is 0.0119. The molecule has 8 nitrogen and oxygen atoms in total. The minimum Gasteiger partial charge on any atom is -0.756 e. The molecule has 0 aromatic rings. The monoisotopic (exact) mass is 997 g/mol. The van der Waals surface area contributed by atoms with Gasteiger partial charge in [-0.3, -0.25) is 9.36 Å². The highest BCUT2D eigenvalue weighted by molar-refractivity contribution is 7.45. The molecule has 0 radical (unpaired) electrons. The highest BCUT2D eigenvalue weighted by atomic mass is 31.2. The van der Waals surface area contributed by atoms with Gasteiger partial charge in [-0.25, -0.2) is 0 Å². The van der Waals surface area contributed by atoms with Gasteiger partial charge in [0.15, 0.2) is 0 Å². The van der Waals surface area contributed by atoms with Crippen LogP contribution >= 0.6 is 7.82 Å². The summed E-state index contributed by atoms with van der Waals surface area (Å²) in [7, 11) is 1.23. The standard InChI is InChI=1S/C61H109N2O6P/c1-6-8-10-12-14-16-18-20-22-23-24-25-26-27-28-29-30-31-32-33-34-35-36-37-38-39-41-43-45-47-49-51-53-55-61(65)62-59(58-69-70(66,67)68-57-56-63(3,4)5)60(64)54-52-50-48-46-44-42-40-21-19-17-15-13-11-9-7-2/h8,10,14,16,19-22,24-25,27-28,44,46,52,54,59-60,64H,6-7,9,11-13,15,17-18,23,26,29-43,45,47-51,53,55-58H2,1-5H3,(H-,62,65,66,67)/b10-8-,16-14-,21-19+,22-20-,25-24-,28-27-,46-44+,54-52+. The van der Waals surface area contributed by atoms with Gasteiger partial charge in [0.1, 0.15) is 13.2 Å². The maximum atomic E-state index is 12.9. The van der Waals surface area contributed by atoms with Crippen LogP contribution in [0.3, 0.4) is 0 Å². The zero-order valence-corrected chi connectivity index (χ0v) is 46.8. The minimum atomic E-state index is -4.61. The zero-order valence-electron chi connectivity index (χ0n) is 45.9. The van der Waals surface area contributed by atoms with Gasteiger partial charge in [0.25, 0.3) is 7.82 Å². The van der Waals surface area contributed by atoms with Crippen LogP contribution < -0.4 is 10.2 Å². The molecule has 0 aliphatic heterocycles. The molecule has 3 unspecified atom stereocenters. The van der Waals surface area contributed by atoms with Gasteiger partial charge in [-0.15, -0.1) is 0 Å². The number of quaternary nitrogens is 1. The Morgan fingerprint density at radius 1 is 0.514 bits per heavy atom. The normalized spacial score (nSPS) is 14.7. The van der Waals surface area contributed by atoms with Gasteiger partial charge in [-0.1, -0.05) is 233 Å². The second-order valence-electron chi connectivity index (χ2n) is 20.2. The van der Waals surface area contributed by atoms with Gasteiger partial charge in [0, 0.05) is 6.42 Å². The number of nitrogens with one attached hydrogen (secondary N) is 1. The average molecular weight is 998 g/mol. The van der Waals surface area contributed by atoms with Crippen molar-refractivity contribution in [3.05, 3.63) is 97.2 Å². The van der Waals surface area contributed by atoms with E-state index in [1.165, 1.54) is 135 Å². The molecule has 70 heavy (non-hydrogen) atoms. The molecular weight excluding hydrogens is 888 g/mol. The lowest BCUT2D eigenvalue weighted by Crippen LogP contribution is -2.45. The molecule has 0 aromatic heterocycles. The fraction of sp³-hybridized carbons (Fsp3) is 0.721. The van der Waals surface area contributed by atoms with Crippen molar-refractivity contribution in [1.82, 2.24) is 5.32 Å². The summed E-state index contributed by atoms with van der Waals surface area (Å²) in [5, 5.41) is 13.8. The van der Waals surface area contributed by atoms with Crippen LogP contribution in [0.1, 0.15) is 232 Å². The second kappa shape index (κ2) is 51.3. The van der Waals surface area contributed by atoms with Crippen molar-refractivity contribution in [2.75, 3.05) is 40.9 Å². The van der Waals surface area contributed by atoms with E-state index in [4.69, 9.17) is 9.05 Å². The fourth-order valence-electron chi connectivity index (χ4n) is 7.80. The van der Waals surface area contributed by atoms with E-state index in [1.54, 1.807) is 6.08 Å². The lowest BCUT2D eigenvalue weighted by molar-refractivity contribution is -0.870. The summed E-state index contributed by atoms with van der Waals surface area (Å²) in [5.74, 6) is -0.214. The highest BCUT2D eigenvalue weighted by Crippen LogP contribution is 2.38. The number of carbonyl (C=O) groups is 1. The Morgan fingerprint density at radius 2 is 0.886 bits per heavy atom. The van der Waals surface area contributed by atoms with Crippen LogP contribution in [0.2, 0.25) is 0 Å². The Bertz CT molecular complexity index is 1460. The number of hydrogen-bond donors (Lipinski definition) is 2. The number of aliphatic hydroxyl groups is 1. The molecule has 0 bridgehead atoms. The van der Waals surface area contributed by atoms with Crippen molar-refractivity contribution in [2.45, 2.75) is 244 Å². The number of rotatable bonds is 51. The molecule has 0 spiro atoms. The van der Waals surface area contributed by atoms with E-state index in [9.17, 15) is 19.4 Å². The van der Waals surface area contributed by atoms with E-state index in [-0.39, 0.29) is 12.5 Å². The Hall–Kier alpha value is -2.58. The Kier molecular flexibility index (Phi) is 49.4. The van der Waals surface area contributed by atoms with E-state index in [0.29, 0.717) is 17.4 Å². The summed E-state index contributed by atoms with van der Waals surface area (Å²) in [6.45, 7) is 4.49. The van der Waals surface area contributed by atoms with Crippen LogP contribution in [0.25, 0.3) is 0 Å². The molecule has 0 aromatic carbocycles. The highest BCUT2D eigenvalue weighted by Gasteiger charge is 2.23. The molecule has 0 fully saturated rings. The first-order valence-electron chi connectivity index (χ1n) is 28.6. The van der Waals surface area contributed by atoms with E-state index < -0.39 is 26.6 Å². The fourth-order valence-corrected chi connectivity index (χ4v) is 8.52. The number of likely N-dealkylation sites (N-methyl/N-ethyl adjacent to an activating group) is 1. The number of carbonyl (C=O) groups excluding carboxylic acids is 1. The molecule has 0 saturated heterocycles. The van der Waals surface area contributed by atoms with Crippen LogP contribution in [-0.4, -0.2) is 68.5 Å². The summed E-state index contributed by atoms with van der Waals surface area (Å²) >= 11 is 0. The Balaban J connectivity index is 4.12. The van der Waals surface area contributed by atoms with Crippen LogP contribution in [0.4, 0.5) is 0 Å². The molecule has 0 aliphatic rings. The molecule has 2 N–H and O–H groups in total. The van der Waals surface area contributed by atoms with E-state index in [2.05, 4.69) is 104 Å². The quantitative estimate of drug-likeness (QED) is 0.0272. The molecule has 0 saturated carbocycles. The van der Waals surface area contributed by atoms with Crippen molar-refractivity contribution in [1.29, 1.82) is 0 Å². The summed E-state index contributed by atoms with van der Waals surface area (Å²) < 4.78 is 23.3. The third-order valence-corrected chi connectivity index (χ3v) is 13.2. The Labute approximate surface area is 432 Å². The van der Waals surface area contributed by atoms with Gasteiger partial charge in [0.05, 0.1) is 39.9 Å². The number of phosphoric acid groups is 1. The largest absolute Gasteiger partial charge is 0.756 e. The molecule has 0 aliphatic carbocycles. The number of nitrogens with zero attached hydrogens (tertiary/aromatic N) is 1. The third-order valence-electron chi connectivity index (χ3n) is 12.3. The molecule has 0 rings (SSSR count). The maximum absolute atomic E-state index is 12.9. The van der Waals surface area contributed by atoms with E-state index in [0.717, 1.165) is 77.0 Å². The molecule has 3 atom stereocenters. The Morgan fingerprint density at radius 3 is 1.33 bits per heavy atom. The number of amides is 1. The van der Waals surface area contributed by atoms with Gasteiger partial charge in [0.2, 0.25) is 5.91 Å². The first-order chi connectivity index (χ1) is 34.0. The number of aliphatic hydroxyl groups excluding tert-OH is 1. The van der Waals surface area contributed by atoms with Gasteiger partial charge < -0.3 is 28.8 Å². The van der Waals surface area contributed by atoms with Gasteiger partial charge in [-0.05, 0) is 89.9 Å². The van der Waals surface area contributed by atoms with Crippen LogP contribution in [0.5, 0.6) is 0 Å². The van der Waals surface area contributed by atoms with Crippen LogP contribution in [0, 0.1) is 0 Å². The predicted octanol–water partition coefficient (Wildman–Crippen LogP) is 16.8. The van der Waals surface area contributed by atoms with Gasteiger partial charge >= 0.3 is 0 Å². The lowest BCUT2D eigenvalue weighted by atomic mass is 10.0. The topological polar surface area (TPSA) is 108 Å². The summed E-state index contributed by atoms with van der Waals surface area (Å²) in [5.41, 5.74) is 0. The average Bonchev–Trinajstić information content (AvgIpc) is 3.32. The summed E-state index contributed by atoms with van der Waals surface area (Å²) in [6, 6.07) is -0.913. The molecular formula is C61H109N2O6P. The number of allylic oxidation sites excluding steroid dienone is 15. The molecule has 0 heterocycles. The summed E-state index contributed by atoms with van der Waals surface area (Å²) in [4.78, 5) is 25.5. The number of phosphoric ester groups is 1. The van der Waals surface area contributed by atoms with Crippen molar-refractivity contribution < 1.29 is 32.9 Å². The van der Waals surface area contributed by atoms with Crippen LogP contribution in [-0.2, 0) is 18.4 Å². The smallest absolute Gasteiger partial charge is 0.268 e. The second-order valence-corrected chi connectivity index (χ2v) is 21.7. The van der Waals surface area contributed by atoms with Crippen molar-refractivity contribution in [3.8, 4) is 0 Å². The SMILES string of the molecule is CC/C=C\C/C=C\C/C=C\C/C=C\C/C=C\CCCCCCCCCCCCCCCCCCCC(=O)NC(COP(=O)([O-])OCC[N+](C)(C)C)C(O)/C=C/CC/C=C/CC/C=C/CCCCCCC. The van der Waals surface area contributed by atoms with Crippen LogP contribution in [0.15, 0.2) is 97.2 Å². The zero-order chi connectivity index (χ0) is 51.3. The summed E-state index contributed by atoms with van der Waals surface area (Å²) in [6.07, 6.45) is 73.5. The van der Waals surface area contributed by atoms with Gasteiger partial charge in [-0.2, -0.15) is 0 Å². The van der Waals surface area contributed by atoms with Crippen molar-refractivity contribution in [2.24, 2.45) is 0 Å². The first kappa shape index (κ1) is 67.4. The van der Waals surface area contributed by atoms with Crippen molar-refractivity contribution in [3.63, 3.8) is 0 Å². The number of hydrogen-bond acceptors (Lipinski definition) is 6. The van der Waals surface area contributed by atoms with Crippen molar-refractivity contribution >= 4 is 13.7 Å². The molecule has 9 heteroatoms. The maximum Gasteiger partial charge on any atom is 0.268 e. The molecule has 1 amide bonds. The predicted molar refractivity (Wildman–Crippen MR) is 302 cm³/mol. The lowest BCUT2D eigenvalue weighted by Gasteiger charge is -2.29. The van der Waals surface area contributed by atoms with E-state index >= 15 is 0 Å². The molecule has 404 valence electrons. The first-order valence-corrected chi connectivity index (χ1v) is 30.1. The third kappa shape index (κ3) is 53.2. The number of unbranched alkanes of at least 4 members (excludes halogenated alkanes) is 24.